The Morgan fingerprint density at radius 3 is 2.44 bits per heavy atom. The van der Waals surface area contributed by atoms with E-state index in [4.69, 9.17) is 9.73 Å². The topological polar surface area (TPSA) is 48.9 Å². The van der Waals surface area contributed by atoms with Gasteiger partial charge in [-0.05, 0) is 51.3 Å². The summed E-state index contributed by atoms with van der Waals surface area (Å²) in [6.07, 6.45) is 2.26. The van der Waals surface area contributed by atoms with E-state index in [9.17, 15) is 4.39 Å². The molecule has 1 aromatic rings. The minimum absolute atomic E-state index is 0.000353. The number of hydrogen-bond acceptors (Lipinski definition) is 3. The summed E-state index contributed by atoms with van der Waals surface area (Å²) in [6.45, 7) is 12.5. The molecule has 2 N–H and O–H groups in total. The second-order valence-electron chi connectivity index (χ2n) is 8.25. The highest BCUT2D eigenvalue weighted by Crippen LogP contribution is 2.47. The van der Waals surface area contributed by atoms with Crippen LogP contribution >= 0.6 is 0 Å². The van der Waals surface area contributed by atoms with E-state index in [-0.39, 0.29) is 16.8 Å². The number of hydrogen-bond donors (Lipinski definition) is 2. The first kappa shape index (κ1) is 20.1. The molecule has 0 unspecified atom stereocenters. The Labute approximate surface area is 162 Å². The largest absolute Gasteiger partial charge is 0.379 e. The maximum absolute atomic E-state index is 13.2. The van der Waals surface area contributed by atoms with Crippen molar-refractivity contribution in [2.75, 3.05) is 45.9 Å². The van der Waals surface area contributed by atoms with Crippen LogP contribution in [0, 0.1) is 5.82 Å². The second kappa shape index (κ2) is 8.57. The number of aliphatic imine (C=N–C) groups is 1. The standard InChI is InChI=1S/C21H33FN4O/c1-4-23-19(24-15-20(2,3)26-11-13-27-14-12-26)25-16-21(9-10-21)17-5-7-18(22)8-6-17/h5-8H,4,9-16H2,1-3H3,(H2,23,24,25). The van der Waals surface area contributed by atoms with Crippen LogP contribution < -0.4 is 10.6 Å². The highest BCUT2D eigenvalue weighted by molar-refractivity contribution is 5.80. The molecular formula is C21H33FN4O. The van der Waals surface area contributed by atoms with Crippen LogP contribution in [0.3, 0.4) is 0 Å². The summed E-state index contributed by atoms with van der Waals surface area (Å²) in [5, 5.41) is 6.87. The van der Waals surface area contributed by atoms with Gasteiger partial charge in [0.1, 0.15) is 5.82 Å². The first-order valence-electron chi connectivity index (χ1n) is 10.1. The summed E-state index contributed by atoms with van der Waals surface area (Å²) in [5.41, 5.74) is 1.32. The fraction of sp³-hybridized carbons (Fsp3) is 0.667. The van der Waals surface area contributed by atoms with E-state index in [1.807, 2.05) is 12.1 Å². The van der Waals surface area contributed by atoms with Gasteiger partial charge in [-0.3, -0.25) is 9.89 Å². The molecule has 150 valence electrons. The molecule has 0 bridgehead atoms. The molecule has 5 nitrogen and oxygen atoms in total. The van der Waals surface area contributed by atoms with Crippen molar-refractivity contribution in [3.63, 3.8) is 0 Å². The predicted octanol–water partition coefficient (Wildman–Crippen LogP) is 2.52. The SMILES string of the molecule is CCNC(=NCC(C)(C)N1CCOCC1)NCC1(c2ccc(F)cc2)CC1. The Morgan fingerprint density at radius 1 is 1.19 bits per heavy atom. The van der Waals surface area contributed by atoms with E-state index in [0.29, 0.717) is 0 Å². The third kappa shape index (κ3) is 5.20. The summed E-state index contributed by atoms with van der Waals surface area (Å²) < 4.78 is 18.7. The molecule has 27 heavy (non-hydrogen) atoms. The van der Waals surface area contributed by atoms with Crippen LogP contribution in [-0.2, 0) is 10.2 Å². The van der Waals surface area contributed by atoms with Crippen molar-refractivity contribution < 1.29 is 9.13 Å². The van der Waals surface area contributed by atoms with E-state index >= 15 is 0 Å². The van der Waals surface area contributed by atoms with Crippen molar-refractivity contribution in [1.29, 1.82) is 0 Å². The third-order valence-electron chi connectivity index (χ3n) is 5.74. The average molecular weight is 377 g/mol. The van der Waals surface area contributed by atoms with Crippen LogP contribution in [0.2, 0.25) is 0 Å². The van der Waals surface area contributed by atoms with E-state index in [1.54, 1.807) is 12.1 Å². The number of ether oxygens (including phenoxy) is 1. The van der Waals surface area contributed by atoms with Gasteiger partial charge in [-0.1, -0.05) is 12.1 Å². The molecule has 1 aliphatic heterocycles. The zero-order valence-electron chi connectivity index (χ0n) is 16.9. The van der Waals surface area contributed by atoms with Gasteiger partial charge in [0.05, 0.1) is 19.8 Å². The van der Waals surface area contributed by atoms with Crippen molar-refractivity contribution in [3.05, 3.63) is 35.6 Å². The third-order valence-corrected chi connectivity index (χ3v) is 5.74. The molecule has 0 radical (unpaired) electrons. The van der Waals surface area contributed by atoms with E-state index < -0.39 is 0 Å². The van der Waals surface area contributed by atoms with Gasteiger partial charge in [-0.2, -0.15) is 0 Å². The van der Waals surface area contributed by atoms with Gasteiger partial charge in [-0.15, -0.1) is 0 Å². The quantitative estimate of drug-likeness (QED) is 0.567. The maximum Gasteiger partial charge on any atom is 0.191 e. The maximum atomic E-state index is 13.2. The van der Waals surface area contributed by atoms with Crippen LogP contribution in [0.25, 0.3) is 0 Å². The fourth-order valence-corrected chi connectivity index (χ4v) is 3.66. The summed E-state index contributed by atoms with van der Waals surface area (Å²) in [5.74, 6) is 0.676. The molecule has 0 atom stereocenters. The Kier molecular flexibility index (Phi) is 6.37. The normalized spacial score (nSPS) is 20.4. The van der Waals surface area contributed by atoms with Gasteiger partial charge < -0.3 is 15.4 Å². The minimum atomic E-state index is -0.178. The smallest absolute Gasteiger partial charge is 0.191 e. The molecule has 0 amide bonds. The zero-order valence-corrected chi connectivity index (χ0v) is 16.9. The Hall–Kier alpha value is -1.66. The van der Waals surface area contributed by atoms with Crippen LogP contribution in [0.4, 0.5) is 4.39 Å². The number of morpholine rings is 1. The number of guanidine groups is 1. The van der Waals surface area contributed by atoms with Gasteiger partial charge in [0.25, 0.3) is 0 Å². The number of nitrogens with zero attached hydrogens (tertiary/aromatic N) is 2. The lowest BCUT2D eigenvalue weighted by Crippen LogP contribution is -2.52. The number of rotatable bonds is 7. The average Bonchev–Trinajstić information content (AvgIpc) is 3.46. The molecular weight excluding hydrogens is 343 g/mol. The molecule has 2 fully saturated rings. The molecule has 1 aliphatic carbocycles. The number of benzene rings is 1. The lowest BCUT2D eigenvalue weighted by molar-refractivity contribution is -0.00683. The Bertz CT molecular complexity index is 634. The van der Waals surface area contributed by atoms with Gasteiger partial charge in [-0.25, -0.2) is 4.39 Å². The van der Waals surface area contributed by atoms with Crippen molar-refractivity contribution in [2.45, 2.75) is 44.6 Å². The highest BCUT2D eigenvalue weighted by Gasteiger charge is 2.44. The van der Waals surface area contributed by atoms with Gasteiger partial charge in [0.15, 0.2) is 5.96 Å². The summed E-state index contributed by atoms with van der Waals surface area (Å²) >= 11 is 0. The molecule has 1 aromatic carbocycles. The monoisotopic (exact) mass is 376 g/mol. The van der Waals surface area contributed by atoms with E-state index in [0.717, 1.165) is 64.7 Å². The van der Waals surface area contributed by atoms with Crippen molar-refractivity contribution in [1.82, 2.24) is 15.5 Å². The molecule has 3 rings (SSSR count). The van der Waals surface area contributed by atoms with Crippen molar-refractivity contribution in [2.24, 2.45) is 4.99 Å². The molecule has 0 aromatic heterocycles. The lowest BCUT2D eigenvalue weighted by Gasteiger charge is -2.40. The first-order chi connectivity index (χ1) is 13.0. The predicted molar refractivity (Wildman–Crippen MR) is 108 cm³/mol. The zero-order chi connectivity index (χ0) is 19.3. The van der Waals surface area contributed by atoms with Crippen LogP contribution in [-0.4, -0.2) is 62.3 Å². The molecule has 0 spiro atoms. The van der Waals surface area contributed by atoms with E-state index in [2.05, 4.69) is 36.3 Å². The molecule has 2 aliphatic rings. The number of nitrogens with one attached hydrogen (secondary N) is 2. The lowest BCUT2D eigenvalue weighted by atomic mass is 9.96. The molecule has 1 saturated carbocycles. The summed E-state index contributed by atoms with van der Waals surface area (Å²) in [7, 11) is 0. The summed E-state index contributed by atoms with van der Waals surface area (Å²) in [4.78, 5) is 7.30. The van der Waals surface area contributed by atoms with E-state index in [1.165, 1.54) is 5.56 Å². The van der Waals surface area contributed by atoms with Crippen LogP contribution in [0.15, 0.2) is 29.3 Å². The van der Waals surface area contributed by atoms with Crippen LogP contribution in [0.5, 0.6) is 0 Å². The van der Waals surface area contributed by atoms with Crippen LogP contribution in [0.1, 0.15) is 39.2 Å². The van der Waals surface area contributed by atoms with Crippen molar-refractivity contribution in [3.8, 4) is 0 Å². The first-order valence-corrected chi connectivity index (χ1v) is 10.1. The molecule has 6 heteroatoms. The second-order valence-corrected chi connectivity index (χ2v) is 8.25. The van der Waals surface area contributed by atoms with Gasteiger partial charge in [0.2, 0.25) is 0 Å². The molecule has 1 heterocycles. The summed E-state index contributed by atoms with van der Waals surface area (Å²) in [6, 6.07) is 6.93. The fourth-order valence-electron chi connectivity index (χ4n) is 3.66. The molecule has 1 saturated heterocycles. The highest BCUT2D eigenvalue weighted by atomic mass is 19.1. The van der Waals surface area contributed by atoms with Gasteiger partial charge in [0, 0.05) is 37.1 Å². The minimum Gasteiger partial charge on any atom is -0.379 e. The number of halogens is 1. The van der Waals surface area contributed by atoms with Gasteiger partial charge >= 0.3 is 0 Å². The Balaban J connectivity index is 1.60. The Morgan fingerprint density at radius 2 is 1.85 bits per heavy atom. The van der Waals surface area contributed by atoms with Crippen molar-refractivity contribution >= 4 is 5.96 Å².